The Labute approximate surface area is 250 Å². The molecule has 0 saturated carbocycles. The highest BCUT2D eigenvalue weighted by Crippen LogP contribution is 2.55. The van der Waals surface area contributed by atoms with E-state index in [4.69, 9.17) is 9.47 Å². The summed E-state index contributed by atoms with van der Waals surface area (Å²) in [4.78, 5) is 56.0. The van der Waals surface area contributed by atoms with Gasteiger partial charge in [-0.2, -0.15) is 0 Å². The number of aryl methyl sites for hydroxylation is 1. The molecule has 6 rings (SSSR count). The van der Waals surface area contributed by atoms with E-state index < -0.39 is 17.1 Å². The van der Waals surface area contributed by atoms with E-state index >= 15 is 0 Å². The quantitative estimate of drug-likeness (QED) is 0.307. The van der Waals surface area contributed by atoms with Crippen molar-refractivity contribution in [2.45, 2.75) is 29.7 Å². The van der Waals surface area contributed by atoms with Gasteiger partial charge in [-0.15, -0.1) is 0 Å². The molecule has 4 aromatic rings. The average Bonchev–Trinajstić information content (AvgIpc) is 3.43. The fourth-order valence-corrected chi connectivity index (χ4v) is 8.33. The summed E-state index contributed by atoms with van der Waals surface area (Å²) in [6.45, 7) is 1.70. The summed E-state index contributed by atoms with van der Waals surface area (Å²) in [7, 11) is 3.09. The molecule has 0 spiro atoms. The van der Waals surface area contributed by atoms with Gasteiger partial charge >= 0.3 is 4.87 Å². The summed E-state index contributed by atoms with van der Waals surface area (Å²) in [5, 5.41) is 2.56. The molecule has 11 heteroatoms. The summed E-state index contributed by atoms with van der Waals surface area (Å²) in [6, 6.07) is 21.5. The van der Waals surface area contributed by atoms with Crippen LogP contribution in [0.2, 0.25) is 0 Å². The average molecular weight is 602 g/mol. The van der Waals surface area contributed by atoms with Crippen molar-refractivity contribution in [3.63, 3.8) is 0 Å². The van der Waals surface area contributed by atoms with E-state index in [9.17, 15) is 19.2 Å². The minimum absolute atomic E-state index is 0.230. The molecule has 0 aliphatic carbocycles. The molecule has 3 aromatic carbocycles. The predicted octanol–water partition coefficient (Wildman–Crippen LogP) is 4.67. The van der Waals surface area contributed by atoms with Crippen LogP contribution in [0.4, 0.5) is 11.4 Å². The largest absolute Gasteiger partial charge is 0.497 e. The number of carbonyl (C=O) groups excluding carboxylic acids is 3. The lowest BCUT2D eigenvalue weighted by molar-refractivity contribution is -0.122. The molecule has 0 bridgehead atoms. The van der Waals surface area contributed by atoms with Gasteiger partial charge < -0.3 is 14.8 Å². The molecular weight excluding hydrogens is 574 g/mol. The summed E-state index contributed by atoms with van der Waals surface area (Å²) in [6.07, 6.45) is 0. The minimum atomic E-state index is -0.804. The van der Waals surface area contributed by atoms with Gasteiger partial charge in [-0.25, -0.2) is 4.90 Å². The van der Waals surface area contributed by atoms with Gasteiger partial charge in [-0.1, -0.05) is 53.4 Å². The summed E-state index contributed by atoms with van der Waals surface area (Å²) >= 11 is 2.17. The Morgan fingerprint density at radius 1 is 0.929 bits per heavy atom. The number of carbonyl (C=O) groups is 3. The van der Waals surface area contributed by atoms with Crippen molar-refractivity contribution in [1.29, 1.82) is 0 Å². The number of para-hydroxylation sites is 1. The molecule has 1 saturated heterocycles. The SMILES string of the molecule is COc1ccc(N2C(=O)C3Sc4c(sc(=O)n4CC(=O)Nc4cccc(C)c4)C(c4ccccc4OC)C3C2=O)cc1. The first-order valence-electron chi connectivity index (χ1n) is 13.2. The van der Waals surface area contributed by atoms with Crippen molar-refractivity contribution >= 4 is 52.2 Å². The zero-order valence-corrected chi connectivity index (χ0v) is 24.7. The number of rotatable bonds is 7. The molecule has 0 radical (unpaired) electrons. The Morgan fingerprint density at radius 2 is 1.69 bits per heavy atom. The molecule has 9 nitrogen and oxygen atoms in total. The lowest BCUT2D eigenvalue weighted by Crippen LogP contribution is -2.33. The molecule has 2 aliphatic heterocycles. The van der Waals surface area contributed by atoms with E-state index in [1.54, 1.807) is 50.6 Å². The second-order valence-corrected chi connectivity index (χ2v) is 12.2. The number of methoxy groups -OCH3 is 2. The van der Waals surface area contributed by atoms with Crippen LogP contribution in [0, 0.1) is 12.8 Å². The number of imide groups is 1. The van der Waals surface area contributed by atoms with Gasteiger partial charge in [-0.3, -0.25) is 23.7 Å². The smallest absolute Gasteiger partial charge is 0.308 e. The number of nitrogens with one attached hydrogen (secondary N) is 1. The lowest BCUT2D eigenvalue weighted by Gasteiger charge is -2.31. The highest BCUT2D eigenvalue weighted by atomic mass is 32.2. The highest BCUT2D eigenvalue weighted by Gasteiger charge is 2.57. The van der Waals surface area contributed by atoms with Crippen molar-refractivity contribution in [1.82, 2.24) is 4.57 Å². The van der Waals surface area contributed by atoms with Crippen LogP contribution >= 0.6 is 23.1 Å². The van der Waals surface area contributed by atoms with Crippen LogP contribution in [-0.2, 0) is 20.9 Å². The van der Waals surface area contributed by atoms with Crippen molar-refractivity contribution in [2.75, 3.05) is 24.4 Å². The third-order valence-electron chi connectivity index (χ3n) is 7.46. The zero-order chi connectivity index (χ0) is 29.5. The number of amides is 3. The number of hydrogen-bond donors (Lipinski definition) is 1. The Balaban J connectivity index is 1.42. The molecule has 1 fully saturated rings. The number of thiazole rings is 1. The molecular formula is C31H27N3O6S2. The standard InChI is InChI=1S/C31H27N3O6S2/c1-17-7-6-8-18(15-17)32-23(35)16-33-30-27(42-31(33)38)24(21-9-4-5-10-22(21)40-3)25-26(41-30)29(37)34(28(25)36)19-11-13-20(39-2)14-12-19/h4-15,24-26H,16H2,1-3H3,(H,32,35). The van der Waals surface area contributed by atoms with Crippen LogP contribution in [0.15, 0.2) is 82.6 Å². The van der Waals surface area contributed by atoms with Crippen LogP contribution < -0.4 is 24.6 Å². The van der Waals surface area contributed by atoms with Crippen molar-refractivity contribution in [2.24, 2.45) is 5.92 Å². The molecule has 3 amide bonds. The molecule has 42 heavy (non-hydrogen) atoms. The zero-order valence-electron chi connectivity index (χ0n) is 23.0. The number of nitrogens with zero attached hydrogens (tertiary/aromatic N) is 2. The van der Waals surface area contributed by atoms with Crippen LogP contribution in [0.25, 0.3) is 0 Å². The first kappa shape index (κ1) is 27.8. The number of hydrogen-bond acceptors (Lipinski definition) is 8. The number of ether oxygens (including phenoxy) is 2. The fraction of sp³-hybridized carbons (Fsp3) is 0.226. The van der Waals surface area contributed by atoms with E-state index in [0.29, 0.717) is 38.3 Å². The van der Waals surface area contributed by atoms with Gasteiger partial charge in [0.05, 0.1) is 30.9 Å². The molecule has 2 aliphatic rings. The Kier molecular flexibility index (Phi) is 7.38. The molecule has 214 valence electrons. The number of thioether (sulfide) groups is 1. The number of fused-ring (bicyclic) bond motifs is 2. The van der Waals surface area contributed by atoms with E-state index in [1.165, 1.54) is 21.2 Å². The highest BCUT2D eigenvalue weighted by molar-refractivity contribution is 8.00. The van der Waals surface area contributed by atoms with Crippen molar-refractivity contribution in [3.8, 4) is 11.5 Å². The van der Waals surface area contributed by atoms with Crippen molar-refractivity contribution in [3.05, 3.63) is 98.5 Å². The van der Waals surface area contributed by atoms with Crippen LogP contribution in [0.3, 0.4) is 0 Å². The van der Waals surface area contributed by atoms with Crippen LogP contribution in [-0.4, -0.2) is 41.8 Å². The van der Waals surface area contributed by atoms with Gasteiger partial charge in [0.15, 0.2) is 0 Å². The second kappa shape index (κ2) is 11.1. The third-order valence-corrected chi connectivity index (χ3v) is 10.1. The van der Waals surface area contributed by atoms with E-state index in [-0.39, 0.29) is 29.1 Å². The van der Waals surface area contributed by atoms with Crippen molar-refractivity contribution < 1.29 is 23.9 Å². The summed E-state index contributed by atoms with van der Waals surface area (Å²) < 4.78 is 12.3. The normalized spacial score (nSPS) is 19.3. The maximum Gasteiger partial charge on any atom is 0.308 e. The van der Waals surface area contributed by atoms with Gasteiger partial charge in [-0.05, 0) is 55.0 Å². The van der Waals surface area contributed by atoms with E-state index in [0.717, 1.165) is 16.9 Å². The topological polar surface area (TPSA) is 107 Å². The first-order chi connectivity index (χ1) is 20.3. The van der Waals surface area contributed by atoms with Crippen LogP contribution in [0.5, 0.6) is 11.5 Å². The summed E-state index contributed by atoms with van der Waals surface area (Å²) in [5.41, 5.74) is 2.76. The van der Waals surface area contributed by atoms with E-state index in [2.05, 4.69) is 5.32 Å². The number of anilines is 2. The predicted molar refractivity (Wildman–Crippen MR) is 162 cm³/mol. The first-order valence-corrected chi connectivity index (χ1v) is 14.9. The molecule has 1 aromatic heterocycles. The second-order valence-electron chi connectivity index (χ2n) is 10.0. The number of benzene rings is 3. The molecule has 3 heterocycles. The van der Waals surface area contributed by atoms with Gasteiger partial charge in [0, 0.05) is 22.0 Å². The number of aromatic nitrogens is 1. The maximum atomic E-state index is 14.1. The third kappa shape index (κ3) is 4.78. The lowest BCUT2D eigenvalue weighted by atomic mass is 9.82. The molecule has 1 N–H and O–H groups in total. The summed E-state index contributed by atoms with van der Waals surface area (Å²) in [5.74, 6) is -1.34. The van der Waals surface area contributed by atoms with Gasteiger partial charge in [0.1, 0.15) is 23.3 Å². The Hall–Kier alpha value is -4.35. The van der Waals surface area contributed by atoms with E-state index in [1.807, 2.05) is 43.3 Å². The van der Waals surface area contributed by atoms with Crippen LogP contribution in [0.1, 0.15) is 21.9 Å². The maximum absolute atomic E-state index is 14.1. The fourth-order valence-electron chi connectivity index (χ4n) is 5.57. The van der Waals surface area contributed by atoms with Gasteiger partial charge in [0.2, 0.25) is 17.7 Å². The molecule has 3 unspecified atom stereocenters. The Morgan fingerprint density at radius 3 is 2.40 bits per heavy atom. The van der Waals surface area contributed by atoms with Gasteiger partial charge in [0.25, 0.3) is 0 Å². The molecule has 3 atom stereocenters. The monoisotopic (exact) mass is 601 g/mol. The Bertz CT molecular complexity index is 1760. The minimum Gasteiger partial charge on any atom is -0.497 e.